The van der Waals surface area contributed by atoms with Crippen LogP contribution < -0.4 is 16.4 Å². The fraction of sp³-hybridized carbons (Fsp3) is 0.125. The lowest BCUT2D eigenvalue weighted by Gasteiger charge is -2.23. The van der Waals surface area contributed by atoms with Crippen LogP contribution in [0.5, 0.6) is 0 Å². The molecule has 0 bridgehead atoms. The van der Waals surface area contributed by atoms with E-state index in [-0.39, 0.29) is 5.91 Å². The van der Waals surface area contributed by atoms with Crippen molar-refractivity contribution >= 4 is 17.3 Å². The second-order valence-electron chi connectivity index (χ2n) is 2.66. The van der Waals surface area contributed by atoms with E-state index in [0.717, 1.165) is 11.4 Å². The van der Waals surface area contributed by atoms with Crippen LogP contribution >= 0.6 is 0 Å². The Hall–Kier alpha value is -1.55. The Kier molecular flexibility index (Phi) is 1.48. The van der Waals surface area contributed by atoms with E-state index in [4.69, 9.17) is 5.73 Å². The summed E-state index contributed by atoms with van der Waals surface area (Å²) in [4.78, 5) is 11.1. The molecule has 1 unspecified atom stereocenters. The number of benzene rings is 1. The van der Waals surface area contributed by atoms with Gasteiger partial charge in [0.1, 0.15) is 0 Å². The molecule has 1 amide bonds. The summed E-state index contributed by atoms with van der Waals surface area (Å²) in [6.45, 7) is 0. The molecule has 0 spiro atoms. The minimum absolute atomic E-state index is 0.200. The second-order valence-corrected chi connectivity index (χ2v) is 2.66. The number of hydrogen-bond donors (Lipinski definition) is 3. The first-order valence-corrected chi connectivity index (χ1v) is 3.69. The molecular weight excluding hydrogens is 154 g/mol. The molecule has 0 radical (unpaired) electrons. The first-order valence-electron chi connectivity index (χ1n) is 3.69. The summed E-state index contributed by atoms with van der Waals surface area (Å²) in [5, 5.41) is 5.56. The van der Waals surface area contributed by atoms with E-state index in [1.165, 1.54) is 0 Å². The van der Waals surface area contributed by atoms with Crippen molar-refractivity contribution in [3.8, 4) is 0 Å². The Bertz CT molecular complexity index is 324. The van der Waals surface area contributed by atoms with Crippen LogP contribution in [0, 0.1) is 0 Å². The third-order valence-electron chi connectivity index (χ3n) is 1.78. The predicted molar refractivity (Wildman–Crippen MR) is 46.7 cm³/mol. The number of nitrogens with two attached hydrogens (primary N) is 1. The van der Waals surface area contributed by atoms with E-state index in [2.05, 4.69) is 10.6 Å². The third-order valence-corrected chi connectivity index (χ3v) is 1.78. The minimum Gasteiger partial charge on any atom is -0.360 e. The van der Waals surface area contributed by atoms with Gasteiger partial charge in [-0.05, 0) is 12.1 Å². The van der Waals surface area contributed by atoms with Crippen molar-refractivity contribution in [3.05, 3.63) is 24.3 Å². The van der Waals surface area contributed by atoms with E-state index in [1.807, 2.05) is 24.3 Å². The highest BCUT2D eigenvalue weighted by molar-refractivity contribution is 6.02. The number of anilines is 2. The maximum atomic E-state index is 11.1. The highest BCUT2D eigenvalue weighted by atomic mass is 16.2. The van der Waals surface area contributed by atoms with Gasteiger partial charge < -0.3 is 16.4 Å². The molecule has 4 nitrogen and oxygen atoms in total. The highest BCUT2D eigenvalue weighted by Gasteiger charge is 2.20. The molecule has 12 heavy (non-hydrogen) atoms. The number of para-hydroxylation sites is 2. The molecule has 62 valence electrons. The fourth-order valence-corrected chi connectivity index (χ4v) is 1.16. The van der Waals surface area contributed by atoms with E-state index in [9.17, 15) is 4.79 Å². The largest absolute Gasteiger partial charge is 0.360 e. The van der Waals surface area contributed by atoms with Crippen LogP contribution in [0.15, 0.2) is 24.3 Å². The van der Waals surface area contributed by atoms with Crippen LogP contribution in [0.3, 0.4) is 0 Å². The van der Waals surface area contributed by atoms with Crippen LogP contribution in [0.25, 0.3) is 0 Å². The number of hydrogen-bond acceptors (Lipinski definition) is 3. The molecule has 0 saturated carbocycles. The number of amides is 1. The Morgan fingerprint density at radius 2 is 1.92 bits per heavy atom. The van der Waals surface area contributed by atoms with Gasteiger partial charge in [-0.2, -0.15) is 0 Å². The molecule has 4 heteroatoms. The van der Waals surface area contributed by atoms with E-state index in [0.29, 0.717) is 0 Å². The molecule has 0 fully saturated rings. The van der Waals surface area contributed by atoms with Gasteiger partial charge in [0.05, 0.1) is 11.4 Å². The van der Waals surface area contributed by atoms with Gasteiger partial charge in [0.15, 0.2) is 6.17 Å². The van der Waals surface area contributed by atoms with Crippen molar-refractivity contribution in [1.29, 1.82) is 0 Å². The molecule has 1 aromatic rings. The topological polar surface area (TPSA) is 67.2 Å². The van der Waals surface area contributed by atoms with E-state index in [1.54, 1.807) is 0 Å². The quantitative estimate of drug-likeness (QED) is 0.516. The van der Waals surface area contributed by atoms with Crippen LogP contribution in [-0.4, -0.2) is 12.1 Å². The zero-order valence-corrected chi connectivity index (χ0v) is 6.37. The molecular formula is C8H9N3O. The predicted octanol–water partition coefficient (Wildman–Crippen LogP) is 0.335. The van der Waals surface area contributed by atoms with Crippen molar-refractivity contribution in [2.75, 3.05) is 10.6 Å². The number of fused-ring (bicyclic) bond motifs is 1. The summed E-state index contributed by atoms with van der Waals surface area (Å²) in [5.74, 6) is -0.200. The summed E-state index contributed by atoms with van der Waals surface area (Å²) in [6.07, 6.45) is -0.639. The molecule has 0 aromatic heterocycles. The first kappa shape index (κ1) is 7.12. The fourth-order valence-electron chi connectivity index (χ4n) is 1.16. The van der Waals surface area contributed by atoms with Crippen molar-refractivity contribution in [1.82, 2.24) is 0 Å². The van der Waals surface area contributed by atoms with Gasteiger partial charge in [-0.3, -0.25) is 4.79 Å². The lowest BCUT2D eigenvalue weighted by Crippen LogP contribution is -2.45. The molecule has 1 aliphatic rings. The van der Waals surface area contributed by atoms with Crippen LogP contribution in [0.1, 0.15) is 0 Å². The minimum atomic E-state index is -0.639. The Labute approximate surface area is 69.8 Å². The van der Waals surface area contributed by atoms with E-state index < -0.39 is 6.17 Å². The van der Waals surface area contributed by atoms with Gasteiger partial charge in [-0.1, -0.05) is 12.1 Å². The monoisotopic (exact) mass is 163 g/mol. The maximum absolute atomic E-state index is 11.1. The summed E-state index contributed by atoms with van der Waals surface area (Å²) >= 11 is 0. The van der Waals surface area contributed by atoms with Gasteiger partial charge in [-0.25, -0.2) is 0 Å². The first-order chi connectivity index (χ1) is 5.77. The average Bonchev–Trinajstić information content (AvgIpc) is 2.07. The van der Waals surface area contributed by atoms with Gasteiger partial charge in [0.2, 0.25) is 0 Å². The lowest BCUT2D eigenvalue weighted by atomic mass is 10.2. The Morgan fingerprint density at radius 1 is 1.25 bits per heavy atom. The van der Waals surface area contributed by atoms with Gasteiger partial charge in [0, 0.05) is 0 Å². The molecule has 1 aromatic carbocycles. The lowest BCUT2D eigenvalue weighted by molar-refractivity contribution is -0.117. The highest BCUT2D eigenvalue weighted by Crippen LogP contribution is 2.24. The maximum Gasteiger partial charge on any atom is 0.261 e. The number of nitrogens with one attached hydrogen (secondary N) is 2. The molecule has 0 aliphatic carbocycles. The summed E-state index contributed by atoms with van der Waals surface area (Å²) in [7, 11) is 0. The van der Waals surface area contributed by atoms with Crippen LogP contribution in [0.4, 0.5) is 11.4 Å². The van der Waals surface area contributed by atoms with E-state index >= 15 is 0 Å². The Balaban J connectivity index is 2.40. The summed E-state index contributed by atoms with van der Waals surface area (Å²) < 4.78 is 0. The van der Waals surface area contributed by atoms with Crippen molar-refractivity contribution in [2.45, 2.75) is 6.17 Å². The van der Waals surface area contributed by atoms with Crippen molar-refractivity contribution in [2.24, 2.45) is 5.73 Å². The Morgan fingerprint density at radius 3 is 2.67 bits per heavy atom. The standard InChI is InChI=1S/C8H9N3O/c9-7-8(12)11-6-4-2-1-3-5(6)10-7/h1-4,7,10H,9H2,(H,11,12). The second kappa shape index (κ2) is 2.49. The van der Waals surface area contributed by atoms with Crippen LogP contribution in [-0.2, 0) is 4.79 Å². The SMILES string of the molecule is NC1Nc2ccccc2NC1=O. The molecule has 0 saturated heterocycles. The summed E-state index contributed by atoms with van der Waals surface area (Å²) in [5.41, 5.74) is 7.12. The number of carbonyl (C=O) groups excluding carboxylic acids is 1. The molecule has 1 aliphatic heterocycles. The third kappa shape index (κ3) is 1.02. The van der Waals surface area contributed by atoms with Gasteiger partial charge in [0.25, 0.3) is 5.91 Å². The molecule has 4 N–H and O–H groups in total. The number of rotatable bonds is 0. The molecule has 1 atom stereocenters. The van der Waals surface area contributed by atoms with Crippen molar-refractivity contribution < 1.29 is 4.79 Å². The normalized spacial score (nSPS) is 20.8. The van der Waals surface area contributed by atoms with Crippen LogP contribution in [0.2, 0.25) is 0 Å². The summed E-state index contributed by atoms with van der Waals surface area (Å²) in [6, 6.07) is 7.44. The average molecular weight is 163 g/mol. The smallest absolute Gasteiger partial charge is 0.261 e. The van der Waals surface area contributed by atoms with Crippen molar-refractivity contribution in [3.63, 3.8) is 0 Å². The van der Waals surface area contributed by atoms with Gasteiger partial charge in [-0.15, -0.1) is 0 Å². The van der Waals surface area contributed by atoms with Gasteiger partial charge >= 0.3 is 0 Å². The zero-order valence-electron chi connectivity index (χ0n) is 6.37. The molecule has 2 rings (SSSR count). The zero-order chi connectivity index (χ0) is 8.55. The molecule has 1 heterocycles. The number of carbonyl (C=O) groups is 1.